The zero-order chi connectivity index (χ0) is 18.5. The molecular weight excluding hydrogens is 378 g/mol. The van der Waals surface area contributed by atoms with Crippen LogP contribution in [0.3, 0.4) is 0 Å². The minimum Gasteiger partial charge on any atom is -0.437 e. The van der Waals surface area contributed by atoms with Crippen LogP contribution in [-0.2, 0) is 12.2 Å². The van der Waals surface area contributed by atoms with Gasteiger partial charge >= 0.3 is 0 Å². The van der Waals surface area contributed by atoms with Crippen molar-refractivity contribution in [3.05, 3.63) is 76.4 Å². The van der Waals surface area contributed by atoms with E-state index in [0.29, 0.717) is 28.2 Å². The van der Waals surface area contributed by atoms with E-state index >= 15 is 0 Å². The third kappa shape index (κ3) is 4.51. The fraction of sp³-hybridized carbons (Fsp3) is 0.158. The monoisotopic (exact) mass is 392 g/mol. The summed E-state index contributed by atoms with van der Waals surface area (Å²) in [6.07, 6.45) is 0.670. The van der Waals surface area contributed by atoms with Crippen molar-refractivity contribution in [2.24, 2.45) is 0 Å². The van der Waals surface area contributed by atoms with Gasteiger partial charge in [0, 0.05) is 23.1 Å². The number of aryl methyl sites for hydroxylation is 1. The van der Waals surface area contributed by atoms with Crippen LogP contribution in [0, 0.1) is 11.6 Å². The van der Waals surface area contributed by atoms with E-state index in [1.807, 2.05) is 6.92 Å². The molecular formula is C19H15ClF2N2OS. The zero-order valence-electron chi connectivity index (χ0n) is 13.9. The van der Waals surface area contributed by atoms with Crippen molar-refractivity contribution >= 4 is 23.4 Å². The van der Waals surface area contributed by atoms with E-state index in [4.69, 9.17) is 16.3 Å². The molecule has 26 heavy (non-hydrogen) atoms. The van der Waals surface area contributed by atoms with Crippen molar-refractivity contribution in [3.63, 3.8) is 0 Å². The van der Waals surface area contributed by atoms with Crippen molar-refractivity contribution in [3.8, 4) is 11.6 Å². The molecule has 0 spiro atoms. The molecule has 0 aliphatic rings. The van der Waals surface area contributed by atoms with Crippen molar-refractivity contribution in [2.75, 3.05) is 0 Å². The number of hydrogen-bond donors (Lipinski definition) is 0. The van der Waals surface area contributed by atoms with Gasteiger partial charge in [-0.3, -0.25) is 0 Å². The van der Waals surface area contributed by atoms with Crippen LogP contribution >= 0.6 is 23.4 Å². The molecule has 0 saturated carbocycles. The molecule has 0 atom stereocenters. The lowest BCUT2D eigenvalue weighted by Gasteiger charge is -2.10. The van der Waals surface area contributed by atoms with Gasteiger partial charge in [0.25, 0.3) is 0 Å². The second kappa shape index (κ2) is 8.47. The van der Waals surface area contributed by atoms with Crippen molar-refractivity contribution in [1.29, 1.82) is 0 Å². The van der Waals surface area contributed by atoms with E-state index in [9.17, 15) is 8.78 Å². The number of para-hydroxylation sites is 1. The second-order valence-electron chi connectivity index (χ2n) is 5.36. The van der Waals surface area contributed by atoms with Crippen LogP contribution in [0.5, 0.6) is 11.6 Å². The van der Waals surface area contributed by atoms with Gasteiger partial charge < -0.3 is 4.74 Å². The standard InChI is InChI=1S/C19H15ClF2N2OS/c1-2-12-10-18(25-17-9-4-3-6-14(17)20)24-19(23-12)26-11-13-15(21)7-5-8-16(13)22/h3-10H,2,11H2,1H3. The van der Waals surface area contributed by atoms with Gasteiger partial charge in [-0.25, -0.2) is 13.8 Å². The number of halogens is 3. The summed E-state index contributed by atoms with van der Waals surface area (Å²) in [6, 6.07) is 12.6. The van der Waals surface area contributed by atoms with Gasteiger partial charge in [-0.1, -0.05) is 48.5 Å². The highest BCUT2D eigenvalue weighted by atomic mass is 35.5. The number of thioether (sulfide) groups is 1. The summed E-state index contributed by atoms with van der Waals surface area (Å²) < 4.78 is 33.3. The maximum absolute atomic E-state index is 13.8. The van der Waals surface area contributed by atoms with Gasteiger partial charge in [0.2, 0.25) is 5.88 Å². The third-order valence-corrected chi connectivity index (χ3v) is 4.74. The molecule has 0 aliphatic carbocycles. The van der Waals surface area contributed by atoms with Gasteiger partial charge in [-0.15, -0.1) is 0 Å². The number of aromatic nitrogens is 2. The molecule has 0 bridgehead atoms. The van der Waals surface area contributed by atoms with Crippen molar-refractivity contribution in [1.82, 2.24) is 9.97 Å². The molecule has 1 heterocycles. The summed E-state index contributed by atoms with van der Waals surface area (Å²) in [6.45, 7) is 1.95. The maximum atomic E-state index is 13.8. The van der Waals surface area contributed by atoms with Crippen LogP contribution in [0.4, 0.5) is 8.78 Å². The first-order valence-corrected chi connectivity index (χ1v) is 9.29. The number of benzene rings is 2. The molecule has 0 unspecified atom stereocenters. The van der Waals surface area contributed by atoms with E-state index in [1.165, 1.54) is 18.2 Å². The van der Waals surface area contributed by atoms with Gasteiger partial charge in [0.15, 0.2) is 5.16 Å². The number of ether oxygens (including phenoxy) is 1. The molecule has 0 radical (unpaired) electrons. The van der Waals surface area contributed by atoms with E-state index in [1.54, 1.807) is 30.3 Å². The van der Waals surface area contributed by atoms with Gasteiger partial charge in [-0.05, 0) is 30.7 Å². The van der Waals surface area contributed by atoms with Gasteiger partial charge in [0.05, 0.1) is 5.02 Å². The lowest BCUT2D eigenvalue weighted by molar-refractivity contribution is 0.454. The number of rotatable bonds is 6. The molecule has 3 aromatic rings. The molecule has 0 fully saturated rings. The minimum absolute atomic E-state index is 0.00317. The Labute approximate surface area is 159 Å². The Morgan fingerprint density at radius 1 is 1.04 bits per heavy atom. The number of hydrogen-bond acceptors (Lipinski definition) is 4. The van der Waals surface area contributed by atoms with Crippen LogP contribution in [-0.4, -0.2) is 9.97 Å². The Morgan fingerprint density at radius 2 is 1.77 bits per heavy atom. The predicted octanol–water partition coefficient (Wildman–Crippen LogP) is 6.06. The summed E-state index contributed by atoms with van der Waals surface area (Å²) >= 11 is 7.25. The van der Waals surface area contributed by atoms with E-state index in [2.05, 4.69) is 9.97 Å². The van der Waals surface area contributed by atoms with Gasteiger partial charge in [0.1, 0.15) is 17.4 Å². The van der Waals surface area contributed by atoms with E-state index < -0.39 is 11.6 Å². The van der Waals surface area contributed by atoms with E-state index in [-0.39, 0.29) is 11.3 Å². The Balaban J connectivity index is 1.82. The molecule has 1 aromatic heterocycles. The Morgan fingerprint density at radius 3 is 2.46 bits per heavy atom. The Hall–Kier alpha value is -2.18. The van der Waals surface area contributed by atoms with Crippen LogP contribution in [0.25, 0.3) is 0 Å². The molecule has 3 rings (SSSR count). The fourth-order valence-electron chi connectivity index (χ4n) is 2.19. The average Bonchev–Trinajstić information content (AvgIpc) is 2.63. The topological polar surface area (TPSA) is 35.0 Å². The van der Waals surface area contributed by atoms with Crippen LogP contribution in [0.15, 0.2) is 53.7 Å². The zero-order valence-corrected chi connectivity index (χ0v) is 15.5. The lowest BCUT2D eigenvalue weighted by Crippen LogP contribution is -1.99. The summed E-state index contributed by atoms with van der Waals surface area (Å²) in [5, 5.41) is 0.848. The Kier molecular flexibility index (Phi) is 6.06. The Bertz CT molecular complexity index is 904. The highest BCUT2D eigenvalue weighted by Gasteiger charge is 2.12. The van der Waals surface area contributed by atoms with Gasteiger partial charge in [-0.2, -0.15) is 4.98 Å². The second-order valence-corrected chi connectivity index (χ2v) is 6.70. The first-order chi connectivity index (χ1) is 12.6. The molecule has 0 aliphatic heterocycles. The molecule has 0 N–H and O–H groups in total. The molecule has 3 nitrogen and oxygen atoms in total. The SMILES string of the molecule is CCc1cc(Oc2ccccc2Cl)nc(SCc2c(F)cccc2F)n1. The largest absolute Gasteiger partial charge is 0.437 e. The highest BCUT2D eigenvalue weighted by molar-refractivity contribution is 7.98. The molecule has 7 heteroatoms. The quantitative estimate of drug-likeness (QED) is 0.377. The summed E-state index contributed by atoms with van der Waals surface area (Å²) in [5.41, 5.74) is 0.759. The third-order valence-electron chi connectivity index (χ3n) is 3.56. The summed E-state index contributed by atoms with van der Waals surface area (Å²) in [7, 11) is 0. The average molecular weight is 393 g/mol. The molecule has 0 saturated heterocycles. The first-order valence-electron chi connectivity index (χ1n) is 7.93. The summed E-state index contributed by atoms with van der Waals surface area (Å²) in [5.74, 6) is -0.280. The fourth-order valence-corrected chi connectivity index (χ4v) is 3.25. The van der Waals surface area contributed by atoms with Crippen LogP contribution < -0.4 is 4.74 Å². The maximum Gasteiger partial charge on any atom is 0.223 e. The van der Waals surface area contributed by atoms with Crippen molar-refractivity contribution in [2.45, 2.75) is 24.3 Å². The molecule has 2 aromatic carbocycles. The number of nitrogens with zero attached hydrogens (tertiary/aromatic N) is 2. The normalized spacial score (nSPS) is 10.8. The first kappa shape index (κ1) is 18.6. The highest BCUT2D eigenvalue weighted by Crippen LogP contribution is 2.30. The van der Waals surface area contributed by atoms with Crippen LogP contribution in [0.1, 0.15) is 18.2 Å². The lowest BCUT2D eigenvalue weighted by atomic mass is 10.2. The minimum atomic E-state index is -0.586. The van der Waals surface area contributed by atoms with Crippen LogP contribution in [0.2, 0.25) is 5.02 Å². The predicted molar refractivity (Wildman–Crippen MR) is 98.9 cm³/mol. The molecule has 0 amide bonds. The molecule has 134 valence electrons. The summed E-state index contributed by atoms with van der Waals surface area (Å²) in [4.78, 5) is 8.70. The van der Waals surface area contributed by atoms with E-state index in [0.717, 1.165) is 17.5 Å². The van der Waals surface area contributed by atoms with Crippen molar-refractivity contribution < 1.29 is 13.5 Å². The smallest absolute Gasteiger partial charge is 0.223 e.